The Morgan fingerprint density at radius 3 is 2.96 bits per heavy atom. The second-order valence-electron chi connectivity index (χ2n) is 5.95. The van der Waals surface area contributed by atoms with Gasteiger partial charge in [0.1, 0.15) is 17.8 Å². The summed E-state index contributed by atoms with van der Waals surface area (Å²) in [5, 5.41) is 3.74. The largest absolute Gasteiger partial charge is 0.339 e. The second-order valence-corrected chi connectivity index (χ2v) is 6.36. The first kappa shape index (κ1) is 16.7. The average Bonchev–Trinajstić information content (AvgIpc) is 2.63. The number of anilines is 2. The van der Waals surface area contributed by atoms with Crippen LogP contribution in [0.2, 0.25) is 5.02 Å². The molecule has 6 heteroatoms. The van der Waals surface area contributed by atoms with Crippen LogP contribution in [0.1, 0.15) is 43.1 Å². The Hall–Kier alpha value is -2.14. The Kier molecular flexibility index (Phi) is 5.30. The maximum Gasteiger partial charge on any atom is 0.272 e. The third-order valence-corrected chi connectivity index (χ3v) is 4.71. The van der Waals surface area contributed by atoms with Gasteiger partial charge in [0.25, 0.3) is 5.91 Å². The van der Waals surface area contributed by atoms with Crippen molar-refractivity contribution < 1.29 is 4.79 Å². The summed E-state index contributed by atoms with van der Waals surface area (Å²) in [6.45, 7) is 2.93. The molecule has 1 saturated heterocycles. The number of hydrogen-bond donors (Lipinski definition) is 1. The predicted molar refractivity (Wildman–Crippen MR) is 95.7 cm³/mol. The molecule has 0 saturated carbocycles. The Bertz CT molecular complexity index is 722. The van der Waals surface area contributed by atoms with Gasteiger partial charge in [-0.05, 0) is 37.8 Å². The third kappa shape index (κ3) is 3.67. The summed E-state index contributed by atoms with van der Waals surface area (Å²) in [5.74, 6) is 0.540. The van der Waals surface area contributed by atoms with Gasteiger partial charge in [0.2, 0.25) is 0 Å². The number of benzene rings is 1. The Morgan fingerprint density at radius 2 is 2.17 bits per heavy atom. The van der Waals surface area contributed by atoms with Crippen molar-refractivity contribution in [2.45, 2.75) is 38.6 Å². The lowest BCUT2D eigenvalue weighted by molar-refractivity contribution is 0.0602. The lowest BCUT2D eigenvalue weighted by atomic mass is 9.99. The minimum Gasteiger partial charge on any atom is -0.339 e. The van der Waals surface area contributed by atoms with Gasteiger partial charge >= 0.3 is 0 Å². The van der Waals surface area contributed by atoms with Gasteiger partial charge in [-0.15, -0.1) is 0 Å². The number of para-hydroxylation sites is 1. The van der Waals surface area contributed by atoms with Crippen LogP contribution in [0, 0.1) is 0 Å². The van der Waals surface area contributed by atoms with E-state index in [1.54, 1.807) is 12.1 Å². The highest BCUT2D eigenvalue weighted by Gasteiger charge is 2.27. The van der Waals surface area contributed by atoms with Crippen LogP contribution in [-0.4, -0.2) is 33.4 Å². The Balaban J connectivity index is 1.79. The van der Waals surface area contributed by atoms with Crippen molar-refractivity contribution in [1.82, 2.24) is 14.9 Å². The van der Waals surface area contributed by atoms with Gasteiger partial charge in [-0.3, -0.25) is 4.79 Å². The van der Waals surface area contributed by atoms with E-state index in [9.17, 15) is 4.79 Å². The monoisotopic (exact) mass is 344 g/mol. The summed E-state index contributed by atoms with van der Waals surface area (Å²) in [6, 6.07) is 9.42. The molecule has 0 bridgehead atoms. The Morgan fingerprint density at radius 1 is 1.33 bits per heavy atom. The van der Waals surface area contributed by atoms with E-state index in [2.05, 4.69) is 22.2 Å². The van der Waals surface area contributed by atoms with Gasteiger partial charge in [-0.25, -0.2) is 9.97 Å². The predicted octanol–water partition coefficient (Wildman–Crippen LogP) is 4.28. The minimum atomic E-state index is -0.0221. The molecule has 126 valence electrons. The lowest BCUT2D eigenvalue weighted by Crippen LogP contribution is -2.43. The van der Waals surface area contributed by atoms with Crippen molar-refractivity contribution in [2.24, 2.45) is 0 Å². The molecule has 0 radical (unpaired) electrons. The molecule has 1 aromatic carbocycles. The topological polar surface area (TPSA) is 58.1 Å². The lowest BCUT2D eigenvalue weighted by Gasteiger charge is -2.35. The molecule has 1 amide bonds. The molecule has 0 aliphatic carbocycles. The van der Waals surface area contributed by atoms with Gasteiger partial charge in [-0.2, -0.15) is 0 Å². The number of hydrogen-bond acceptors (Lipinski definition) is 4. The summed E-state index contributed by atoms with van der Waals surface area (Å²) in [6.07, 6.45) is 5.69. The number of carbonyl (C=O) groups excluding carboxylic acids is 1. The van der Waals surface area contributed by atoms with E-state index in [4.69, 9.17) is 11.6 Å². The average molecular weight is 345 g/mol. The smallest absolute Gasteiger partial charge is 0.272 e. The summed E-state index contributed by atoms with van der Waals surface area (Å²) in [5.41, 5.74) is 1.17. The number of rotatable bonds is 4. The van der Waals surface area contributed by atoms with Crippen molar-refractivity contribution in [3.8, 4) is 0 Å². The number of likely N-dealkylation sites (tertiary alicyclic amines) is 1. The molecule has 1 aliphatic heterocycles. The van der Waals surface area contributed by atoms with E-state index in [0.717, 1.165) is 31.5 Å². The molecule has 1 atom stereocenters. The van der Waals surface area contributed by atoms with Crippen LogP contribution >= 0.6 is 11.6 Å². The molecule has 1 fully saturated rings. The van der Waals surface area contributed by atoms with E-state index in [1.165, 1.54) is 12.7 Å². The standard InChI is InChI=1S/C18H21ClN4O/c1-2-13-7-5-6-10-23(13)18(24)16-11-17(21-12-20-16)22-15-9-4-3-8-14(15)19/h3-4,8-9,11-13H,2,5-7,10H2,1H3,(H,20,21,22). The quantitative estimate of drug-likeness (QED) is 0.899. The zero-order valence-corrected chi connectivity index (χ0v) is 14.5. The number of nitrogens with zero attached hydrogens (tertiary/aromatic N) is 3. The van der Waals surface area contributed by atoms with Gasteiger partial charge in [0.15, 0.2) is 0 Å². The van der Waals surface area contributed by atoms with Gasteiger partial charge < -0.3 is 10.2 Å². The number of aromatic nitrogens is 2. The first-order valence-corrected chi connectivity index (χ1v) is 8.71. The van der Waals surface area contributed by atoms with Crippen LogP contribution in [0.3, 0.4) is 0 Å². The van der Waals surface area contributed by atoms with Gasteiger partial charge in [-0.1, -0.05) is 30.7 Å². The van der Waals surface area contributed by atoms with Crippen LogP contribution in [0.15, 0.2) is 36.7 Å². The molecule has 24 heavy (non-hydrogen) atoms. The van der Waals surface area contributed by atoms with Gasteiger partial charge in [0, 0.05) is 18.7 Å². The first-order chi connectivity index (χ1) is 11.7. The number of carbonyl (C=O) groups is 1. The molecular formula is C18H21ClN4O. The van der Waals surface area contributed by atoms with Crippen molar-refractivity contribution in [1.29, 1.82) is 0 Å². The van der Waals surface area contributed by atoms with Crippen LogP contribution in [0.5, 0.6) is 0 Å². The van der Waals surface area contributed by atoms with E-state index in [1.807, 2.05) is 23.1 Å². The number of nitrogens with one attached hydrogen (secondary N) is 1. The van der Waals surface area contributed by atoms with Crippen molar-refractivity contribution >= 4 is 29.0 Å². The van der Waals surface area contributed by atoms with Crippen LogP contribution in [-0.2, 0) is 0 Å². The van der Waals surface area contributed by atoms with Crippen LogP contribution in [0.4, 0.5) is 11.5 Å². The summed E-state index contributed by atoms with van der Waals surface area (Å²) in [4.78, 5) is 23.1. The number of halogens is 1. The Labute approximate surface area is 147 Å². The van der Waals surface area contributed by atoms with E-state index >= 15 is 0 Å². The van der Waals surface area contributed by atoms with Crippen molar-refractivity contribution in [3.63, 3.8) is 0 Å². The maximum absolute atomic E-state index is 12.8. The van der Waals surface area contributed by atoms with Crippen molar-refractivity contribution in [2.75, 3.05) is 11.9 Å². The molecule has 5 nitrogen and oxygen atoms in total. The molecule has 0 spiro atoms. The number of amides is 1. The highest BCUT2D eigenvalue weighted by atomic mass is 35.5. The fourth-order valence-corrected chi connectivity index (χ4v) is 3.27. The zero-order chi connectivity index (χ0) is 16.9. The van der Waals surface area contributed by atoms with Crippen LogP contribution in [0.25, 0.3) is 0 Å². The van der Waals surface area contributed by atoms with E-state index in [-0.39, 0.29) is 5.91 Å². The maximum atomic E-state index is 12.8. The molecule has 2 aromatic rings. The second kappa shape index (κ2) is 7.62. The van der Waals surface area contributed by atoms with Crippen molar-refractivity contribution in [3.05, 3.63) is 47.4 Å². The number of piperidine rings is 1. The first-order valence-electron chi connectivity index (χ1n) is 8.33. The normalized spacial score (nSPS) is 17.6. The highest BCUT2D eigenvalue weighted by molar-refractivity contribution is 6.33. The van der Waals surface area contributed by atoms with E-state index in [0.29, 0.717) is 22.6 Å². The van der Waals surface area contributed by atoms with E-state index < -0.39 is 0 Å². The molecule has 1 aromatic heterocycles. The molecule has 3 rings (SSSR count). The molecule has 2 heterocycles. The molecule has 1 unspecified atom stereocenters. The zero-order valence-electron chi connectivity index (χ0n) is 13.7. The van der Waals surface area contributed by atoms with Gasteiger partial charge in [0.05, 0.1) is 10.7 Å². The molecule has 1 N–H and O–H groups in total. The summed E-state index contributed by atoms with van der Waals surface area (Å²) >= 11 is 6.16. The SMILES string of the molecule is CCC1CCCCN1C(=O)c1cc(Nc2ccccc2Cl)ncn1. The molecular weight excluding hydrogens is 324 g/mol. The minimum absolute atomic E-state index is 0.0221. The fourth-order valence-electron chi connectivity index (χ4n) is 3.08. The summed E-state index contributed by atoms with van der Waals surface area (Å²) < 4.78 is 0. The molecule has 1 aliphatic rings. The fraction of sp³-hybridized carbons (Fsp3) is 0.389. The third-order valence-electron chi connectivity index (χ3n) is 4.38. The summed E-state index contributed by atoms with van der Waals surface area (Å²) in [7, 11) is 0. The highest BCUT2D eigenvalue weighted by Crippen LogP contribution is 2.25. The van der Waals surface area contributed by atoms with Crippen LogP contribution < -0.4 is 5.32 Å².